The maximum atomic E-state index is 12.1. The van der Waals surface area contributed by atoms with Crippen molar-refractivity contribution in [3.8, 4) is 11.1 Å². The molecule has 1 atom stereocenters. The van der Waals surface area contributed by atoms with Gasteiger partial charge in [-0.2, -0.15) is 0 Å². The average Bonchev–Trinajstić information content (AvgIpc) is 2.52. The number of carboxylic acid groups (broad SMARTS) is 1. The van der Waals surface area contributed by atoms with Crippen LogP contribution in [0.3, 0.4) is 0 Å². The SMILES string of the molecule is CC(C)(C)OC(=O)C(N)c1cccc(-c2ccc(C(=O)O)cc2)c1. The number of carboxylic acids is 1. The predicted octanol–water partition coefficient (Wildman–Crippen LogP) is 3.39. The van der Waals surface area contributed by atoms with Crippen molar-refractivity contribution in [1.82, 2.24) is 0 Å². The lowest BCUT2D eigenvalue weighted by atomic mass is 9.99. The largest absolute Gasteiger partial charge is 0.478 e. The second-order valence-electron chi connectivity index (χ2n) is 6.52. The van der Waals surface area contributed by atoms with Crippen molar-refractivity contribution in [2.75, 3.05) is 0 Å². The molecule has 0 spiro atoms. The first-order chi connectivity index (χ1) is 11.2. The van der Waals surface area contributed by atoms with Crippen LogP contribution in [0.4, 0.5) is 0 Å². The molecular formula is C19H21NO4. The molecule has 0 radical (unpaired) electrons. The number of benzene rings is 2. The van der Waals surface area contributed by atoms with Gasteiger partial charge in [-0.25, -0.2) is 9.59 Å². The molecule has 2 rings (SSSR count). The Morgan fingerprint density at radius 3 is 2.21 bits per heavy atom. The molecule has 0 heterocycles. The Bertz CT molecular complexity index is 745. The number of ether oxygens (including phenoxy) is 1. The summed E-state index contributed by atoms with van der Waals surface area (Å²) >= 11 is 0. The van der Waals surface area contributed by atoms with E-state index >= 15 is 0 Å². The van der Waals surface area contributed by atoms with Crippen LogP contribution >= 0.6 is 0 Å². The van der Waals surface area contributed by atoms with Crippen LogP contribution in [0.1, 0.15) is 42.7 Å². The smallest absolute Gasteiger partial charge is 0.335 e. The van der Waals surface area contributed by atoms with Gasteiger partial charge >= 0.3 is 11.9 Å². The normalized spacial score (nSPS) is 12.5. The van der Waals surface area contributed by atoms with Crippen molar-refractivity contribution in [2.24, 2.45) is 5.73 Å². The number of nitrogens with two attached hydrogens (primary N) is 1. The van der Waals surface area contributed by atoms with E-state index in [2.05, 4.69) is 0 Å². The molecule has 3 N–H and O–H groups in total. The minimum Gasteiger partial charge on any atom is -0.478 e. The standard InChI is InChI=1S/C19H21NO4/c1-19(2,3)24-18(23)16(20)15-6-4-5-14(11-15)12-7-9-13(10-8-12)17(21)22/h4-11,16H,20H2,1-3H3,(H,21,22). The Balaban J connectivity index is 2.25. The van der Waals surface area contributed by atoms with E-state index in [0.717, 1.165) is 11.1 Å². The lowest BCUT2D eigenvalue weighted by Gasteiger charge is -2.22. The minimum absolute atomic E-state index is 0.223. The molecule has 0 bridgehead atoms. The lowest BCUT2D eigenvalue weighted by molar-refractivity contribution is -0.156. The van der Waals surface area contributed by atoms with Crippen LogP contribution in [0.15, 0.2) is 48.5 Å². The molecule has 0 saturated heterocycles. The Morgan fingerprint density at radius 2 is 1.67 bits per heavy atom. The minimum atomic E-state index is -0.970. The Kier molecular flexibility index (Phi) is 5.04. The Hall–Kier alpha value is -2.66. The van der Waals surface area contributed by atoms with Gasteiger partial charge < -0.3 is 15.6 Å². The van der Waals surface area contributed by atoms with Gasteiger partial charge in [0.15, 0.2) is 0 Å². The Morgan fingerprint density at radius 1 is 1.04 bits per heavy atom. The van der Waals surface area contributed by atoms with Crippen LogP contribution < -0.4 is 5.73 Å². The van der Waals surface area contributed by atoms with E-state index in [9.17, 15) is 9.59 Å². The van der Waals surface area contributed by atoms with E-state index in [1.807, 2.05) is 12.1 Å². The zero-order valence-electron chi connectivity index (χ0n) is 13.9. The third kappa shape index (κ3) is 4.43. The van der Waals surface area contributed by atoms with Crippen LogP contribution in [0.25, 0.3) is 11.1 Å². The summed E-state index contributed by atoms with van der Waals surface area (Å²) in [5.74, 6) is -1.46. The molecular weight excluding hydrogens is 306 g/mol. The zero-order valence-corrected chi connectivity index (χ0v) is 13.9. The quantitative estimate of drug-likeness (QED) is 0.840. The molecule has 2 aromatic carbocycles. The van der Waals surface area contributed by atoms with E-state index < -0.39 is 23.6 Å². The number of aromatic carboxylic acids is 1. The Labute approximate surface area is 141 Å². The molecule has 1 unspecified atom stereocenters. The van der Waals surface area contributed by atoms with Gasteiger partial charge in [0, 0.05) is 0 Å². The van der Waals surface area contributed by atoms with Crippen LogP contribution in [0.2, 0.25) is 0 Å². The molecule has 0 aliphatic carbocycles. The van der Waals surface area contributed by atoms with Crippen molar-refractivity contribution in [3.63, 3.8) is 0 Å². The van der Waals surface area contributed by atoms with Crippen molar-refractivity contribution in [3.05, 3.63) is 59.7 Å². The van der Waals surface area contributed by atoms with Crippen molar-refractivity contribution < 1.29 is 19.4 Å². The van der Waals surface area contributed by atoms with Crippen LogP contribution in [0.5, 0.6) is 0 Å². The molecule has 126 valence electrons. The van der Waals surface area contributed by atoms with Crippen LogP contribution in [0, 0.1) is 0 Å². The number of carbonyl (C=O) groups excluding carboxylic acids is 1. The summed E-state index contributed by atoms with van der Waals surface area (Å²) in [6.07, 6.45) is 0. The second-order valence-corrected chi connectivity index (χ2v) is 6.52. The number of hydrogen-bond donors (Lipinski definition) is 2. The van der Waals surface area contributed by atoms with Crippen LogP contribution in [-0.4, -0.2) is 22.6 Å². The van der Waals surface area contributed by atoms with Gasteiger partial charge in [-0.05, 0) is 55.7 Å². The highest BCUT2D eigenvalue weighted by Crippen LogP contribution is 2.24. The maximum absolute atomic E-state index is 12.1. The summed E-state index contributed by atoms with van der Waals surface area (Å²) in [7, 11) is 0. The summed E-state index contributed by atoms with van der Waals surface area (Å²) in [5, 5.41) is 8.95. The molecule has 24 heavy (non-hydrogen) atoms. The van der Waals surface area contributed by atoms with Crippen molar-refractivity contribution >= 4 is 11.9 Å². The number of esters is 1. The highest BCUT2D eigenvalue weighted by atomic mass is 16.6. The van der Waals surface area contributed by atoms with E-state index in [1.54, 1.807) is 45.0 Å². The highest BCUT2D eigenvalue weighted by molar-refractivity contribution is 5.88. The van der Waals surface area contributed by atoms with E-state index in [4.69, 9.17) is 15.6 Å². The van der Waals surface area contributed by atoms with E-state index in [-0.39, 0.29) is 5.56 Å². The lowest BCUT2D eigenvalue weighted by Crippen LogP contribution is -2.31. The van der Waals surface area contributed by atoms with Gasteiger partial charge in [0.1, 0.15) is 11.6 Å². The molecule has 0 fully saturated rings. The topological polar surface area (TPSA) is 89.6 Å². The van der Waals surface area contributed by atoms with Crippen molar-refractivity contribution in [1.29, 1.82) is 0 Å². The summed E-state index contributed by atoms with van der Waals surface area (Å²) < 4.78 is 5.31. The molecule has 2 aromatic rings. The fourth-order valence-electron chi connectivity index (χ4n) is 2.22. The first kappa shape index (κ1) is 17.7. The summed E-state index contributed by atoms with van der Waals surface area (Å²) in [5.41, 5.74) is 7.97. The average molecular weight is 327 g/mol. The van der Waals surface area contributed by atoms with Gasteiger partial charge in [-0.15, -0.1) is 0 Å². The summed E-state index contributed by atoms with van der Waals surface area (Å²) in [6.45, 7) is 5.37. The molecule has 0 aromatic heterocycles. The molecule has 0 saturated carbocycles. The summed E-state index contributed by atoms with van der Waals surface area (Å²) in [6, 6.07) is 12.9. The molecule has 0 aliphatic rings. The molecule has 0 amide bonds. The van der Waals surface area contributed by atoms with Gasteiger partial charge in [0.25, 0.3) is 0 Å². The van der Waals surface area contributed by atoms with Gasteiger partial charge in [-0.3, -0.25) is 0 Å². The second kappa shape index (κ2) is 6.84. The van der Waals surface area contributed by atoms with E-state index in [1.165, 1.54) is 12.1 Å². The van der Waals surface area contributed by atoms with Crippen LogP contribution in [-0.2, 0) is 9.53 Å². The number of rotatable bonds is 4. The maximum Gasteiger partial charge on any atom is 0.335 e. The molecule has 0 aliphatic heterocycles. The fraction of sp³-hybridized carbons (Fsp3) is 0.263. The fourth-order valence-corrected chi connectivity index (χ4v) is 2.22. The van der Waals surface area contributed by atoms with Gasteiger partial charge in [-0.1, -0.05) is 30.3 Å². The highest BCUT2D eigenvalue weighted by Gasteiger charge is 2.23. The predicted molar refractivity (Wildman–Crippen MR) is 91.6 cm³/mol. The third-order valence-corrected chi connectivity index (χ3v) is 3.37. The van der Waals surface area contributed by atoms with Crippen molar-refractivity contribution in [2.45, 2.75) is 32.4 Å². The summed E-state index contributed by atoms with van der Waals surface area (Å²) in [4.78, 5) is 23.0. The first-order valence-electron chi connectivity index (χ1n) is 7.59. The number of hydrogen-bond acceptors (Lipinski definition) is 4. The van der Waals surface area contributed by atoms with E-state index in [0.29, 0.717) is 5.56 Å². The third-order valence-electron chi connectivity index (χ3n) is 3.37. The zero-order chi connectivity index (χ0) is 17.9. The first-order valence-corrected chi connectivity index (χ1v) is 7.59. The van der Waals surface area contributed by atoms with Gasteiger partial charge in [0.05, 0.1) is 5.56 Å². The molecule has 5 nitrogen and oxygen atoms in total. The number of carbonyl (C=O) groups is 2. The van der Waals surface area contributed by atoms with Gasteiger partial charge in [0.2, 0.25) is 0 Å². The monoisotopic (exact) mass is 327 g/mol. The molecule has 5 heteroatoms.